The van der Waals surface area contributed by atoms with Crippen LogP contribution in [-0.4, -0.2) is 80.5 Å². The van der Waals surface area contributed by atoms with Crippen LogP contribution in [0.3, 0.4) is 0 Å². The molecule has 1 aromatic carbocycles. The first kappa shape index (κ1) is 30.3. The Balaban J connectivity index is 1.74. The summed E-state index contributed by atoms with van der Waals surface area (Å²) in [4.78, 5) is 31.2. The Morgan fingerprint density at radius 1 is 0.944 bits per heavy atom. The molecule has 6 nitrogen and oxygen atoms in total. The minimum absolute atomic E-state index is 0.182. The molecule has 0 saturated heterocycles. The molecular weight excluding hydrogens is 448 g/mol. The highest BCUT2D eigenvalue weighted by molar-refractivity contribution is 5.76. The van der Waals surface area contributed by atoms with E-state index in [1.165, 1.54) is 12.0 Å². The molecule has 0 spiro atoms. The van der Waals surface area contributed by atoms with Gasteiger partial charge in [-0.3, -0.25) is 14.5 Å². The fourth-order valence-electron chi connectivity index (χ4n) is 6.15. The number of nitrogens with one attached hydrogen (secondary N) is 1. The topological polar surface area (TPSA) is 55.9 Å². The van der Waals surface area contributed by atoms with E-state index < -0.39 is 0 Å². The van der Waals surface area contributed by atoms with Crippen molar-refractivity contribution in [2.45, 2.75) is 72.6 Å². The van der Waals surface area contributed by atoms with Crippen LogP contribution in [0.15, 0.2) is 30.3 Å². The molecule has 1 fully saturated rings. The van der Waals surface area contributed by atoms with Crippen LogP contribution >= 0.6 is 0 Å². The van der Waals surface area contributed by atoms with Gasteiger partial charge < -0.3 is 15.1 Å². The van der Waals surface area contributed by atoms with Crippen LogP contribution in [-0.2, 0) is 16.0 Å². The number of aryl methyl sites for hydroxylation is 1. The Hall–Kier alpha value is -1.92. The maximum Gasteiger partial charge on any atom is 0.222 e. The molecule has 1 aliphatic rings. The number of carbonyl (C=O) groups excluding carboxylic acids is 2. The SMILES string of the molecule is CCCN(C)C(=O)CC1CC(C)(C)CC(C)(CNCN(C)CCN(C)C(=O)CCc2ccccc2)C1. The maximum atomic E-state index is 12.7. The van der Waals surface area contributed by atoms with Gasteiger partial charge in [0.25, 0.3) is 0 Å². The van der Waals surface area contributed by atoms with Crippen molar-refractivity contribution in [2.24, 2.45) is 16.7 Å². The lowest BCUT2D eigenvalue weighted by Gasteiger charge is -2.47. The van der Waals surface area contributed by atoms with Crippen molar-refractivity contribution in [1.82, 2.24) is 20.0 Å². The standard InChI is InChI=1S/C30H52N4O2/c1-8-16-33(6)28(36)19-26-20-29(2,3)22-30(4,21-26)23-31-24-32(5)17-18-34(7)27(35)15-14-25-12-10-9-11-13-25/h9-13,26,31H,8,14-24H2,1-7H3. The molecule has 1 N–H and O–H groups in total. The number of amides is 2. The third kappa shape index (κ3) is 10.6. The number of carbonyl (C=O) groups is 2. The van der Waals surface area contributed by atoms with E-state index in [2.05, 4.69) is 57.1 Å². The van der Waals surface area contributed by atoms with Crippen molar-refractivity contribution in [3.63, 3.8) is 0 Å². The van der Waals surface area contributed by atoms with Crippen LogP contribution in [0.5, 0.6) is 0 Å². The lowest BCUT2D eigenvalue weighted by Crippen LogP contribution is -2.46. The summed E-state index contributed by atoms with van der Waals surface area (Å²) in [6, 6.07) is 10.2. The lowest BCUT2D eigenvalue weighted by atomic mass is 9.60. The minimum atomic E-state index is 0.182. The second kappa shape index (κ2) is 14.1. The smallest absolute Gasteiger partial charge is 0.222 e. The van der Waals surface area contributed by atoms with E-state index in [0.717, 1.165) is 58.5 Å². The van der Waals surface area contributed by atoms with Crippen LogP contribution in [0.1, 0.15) is 71.8 Å². The van der Waals surface area contributed by atoms with E-state index in [1.807, 2.05) is 42.1 Å². The Labute approximate surface area is 220 Å². The van der Waals surface area contributed by atoms with Gasteiger partial charge in [0.1, 0.15) is 0 Å². The predicted molar refractivity (Wildman–Crippen MR) is 150 cm³/mol. The molecule has 1 saturated carbocycles. The van der Waals surface area contributed by atoms with E-state index in [0.29, 0.717) is 18.8 Å². The maximum absolute atomic E-state index is 12.7. The van der Waals surface area contributed by atoms with Crippen molar-refractivity contribution in [3.8, 4) is 0 Å². The molecular formula is C30H52N4O2. The van der Waals surface area contributed by atoms with E-state index in [1.54, 1.807) is 0 Å². The van der Waals surface area contributed by atoms with Gasteiger partial charge in [-0.05, 0) is 61.5 Å². The zero-order valence-corrected chi connectivity index (χ0v) is 24.1. The highest BCUT2D eigenvalue weighted by Crippen LogP contribution is 2.49. The second-order valence-corrected chi connectivity index (χ2v) is 12.4. The fraction of sp³-hybridized carbons (Fsp3) is 0.733. The van der Waals surface area contributed by atoms with Crippen LogP contribution in [0.4, 0.5) is 0 Å². The number of hydrogen-bond acceptors (Lipinski definition) is 4. The number of benzene rings is 1. The van der Waals surface area contributed by atoms with Gasteiger partial charge in [-0.2, -0.15) is 0 Å². The fourth-order valence-corrected chi connectivity index (χ4v) is 6.15. The Morgan fingerprint density at radius 2 is 1.61 bits per heavy atom. The van der Waals surface area contributed by atoms with E-state index in [4.69, 9.17) is 0 Å². The molecule has 2 amide bonds. The van der Waals surface area contributed by atoms with Crippen LogP contribution in [0.25, 0.3) is 0 Å². The van der Waals surface area contributed by atoms with Crippen molar-refractivity contribution >= 4 is 11.8 Å². The van der Waals surface area contributed by atoms with Gasteiger partial charge in [-0.1, -0.05) is 58.0 Å². The first-order chi connectivity index (χ1) is 16.9. The molecule has 0 heterocycles. The summed E-state index contributed by atoms with van der Waals surface area (Å²) in [7, 11) is 5.94. The van der Waals surface area contributed by atoms with Crippen LogP contribution < -0.4 is 5.32 Å². The van der Waals surface area contributed by atoms with Crippen molar-refractivity contribution < 1.29 is 9.59 Å². The third-order valence-corrected chi connectivity index (χ3v) is 7.62. The van der Waals surface area contributed by atoms with Crippen molar-refractivity contribution in [2.75, 3.05) is 54.0 Å². The molecule has 2 rings (SSSR count). The van der Waals surface area contributed by atoms with E-state index >= 15 is 0 Å². The molecule has 1 aromatic rings. The summed E-state index contributed by atoms with van der Waals surface area (Å²) in [5.74, 6) is 0.931. The second-order valence-electron chi connectivity index (χ2n) is 12.4. The van der Waals surface area contributed by atoms with Gasteiger partial charge >= 0.3 is 0 Å². The summed E-state index contributed by atoms with van der Waals surface area (Å²) in [5, 5.41) is 3.68. The Morgan fingerprint density at radius 3 is 2.28 bits per heavy atom. The molecule has 2 unspecified atom stereocenters. The summed E-state index contributed by atoms with van der Waals surface area (Å²) in [6.45, 7) is 13.4. The molecule has 1 aliphatic carbocycles. The summed E-state index contributed by atoms with van der Waals surface area (Å²) in [5.41, 5.74) is 1.64. The summed E-state index contributed by atoms with van der Waals surface area (Å²) in [6.07, 6.45) is 6.40. The number of nitrogens with zero attached hydrogens (tertiary/aromatic N) is 3. The molecule has 0 radical (unpaired) electrons. The first-order valence-electron chi connectivity index (χ1n) is 13.8. The quantitative estimate of drug-likeness (QED) is 0.378. The summed E-state index contributed by atoms with van der Waals surface area (Å²) >= 11 is 0. The molecule has 2 atom stereocenters. The van der Waals surface area contributed by atoms with Gasteiger partial charge in [0.15, 0.2) is 0 Å². The molecule has 36 heavy (non-hydrogen) atoms. The van der Waals surface area contributed by atoms with Crippen molar-refractivity contribution in [3.05, 3.63) is 35.9 Å². The monoisotopic (exact) mass is 500 g/mol. The Kier molecular flexibility index (Phi) is 11.9. The van der Waals surface area contributed by atoms with Crippen LogP contribution in [0.2, 0.25) is 0 Å². The largest absolute Gasteiger partial charge is 0.346 e. The van der Waals surface area contributed by atoms with E-state index in [-0.39, 0.29) is 22.6 Å². The first-order valence-corrected chi connectivity index (χ1v) is 13.8. The predicted octanol–water partition coefficient (Wildman–Crippen LogP) is 4.65. The molecule has 0 aliphatic heterocycles. The third-order valence-electron chi connectivity index (χ3n) is 7.62. The lowest BCUT2D eigenvalue weighted by molar-refractivity contribution is -0.132. The average molecular weight is 501 g/mol. The van der Waals surface area contributed by atoms with Crippen LogP contribution in [0, 0.1) is 16.7 Å². The van der Waals surface area contributed by atoms with Gasteiger partial charge in [0.05, 0.1) is 0 Å². The molecule has 0 bridgehead atoms. The number of rotatable bonds is 14. The molecule has 0 aromatic heterocycles. The number of likely N-dealkylation sites (N-methyl/N-ethyl adjacent to an activating group) is 2. The van der Waals surface area contributed by atoms with Gasteiger partial charge in [-0.25, -0.2) is 0 Å². The van der Waals surface area contributed by atoms with Gasteiger partial charge in [-0.15, -0.1) is 0 Å². The highest BCUT2D eigenvalue weighted by atomic mass is 16.2. The van der Waals surface area contributed by atoms with E-state index in [9.17, 15) is 9.59 Å². The molecule has 204 valence electrons. The zero-order valence-electron chi connectivity index (χ0n) is 24.1. The normalized spacial score (nSPS) is 21.4. The highest BCUT2D eigenvalue weighted by Gasteiger charge is 2.41. The van der Waals surface area contributed by atoms with Gasteiger partial charge in [0, 0.05) is 59.8 Å². The molecule has 6 heteroatoms. The van der Waals surface area contributed by atoms with Gasteiger partial charge in [0.2, 0.25) is 11.8 Å². The average Bonchev–Trinajstić information content (AvgIpc) is 2.80. The minimum Gasteiger partial charge on any atom is -0.346 e. The summed E-state index contributed by atoms with van der Waals surface area (Å²) < 4.78 is 0. The zero-order chi connectivity index (χ0) is 26.8. The van der Waals surface area contributed by atoms with Crippen molar-refractivity contribution in [1.29, 1.82) is 0 Å². The Bertz CT molecular complexity index is 812. The number of hydrogen-bond donors (Lipinski definition) is 1.